The van der Waals surface area contributed by atoms with E-state index in [-0.39, 0.29) is 5.91 Å². The van der Waals surface area contributed by atoms with E-state index in [2.05, 4.69) is 50.1 Å². The Labute approximate surface area is 247 Å². The van der Waals surface area contributed by atoms with E-state index >= 15 is 0 Å². The van der Waals surface area contributed by atoms with Crippen molar-refractivity contribution < 1.29 is 9.53 Å². The Morgan fingerprint density at radius 1 is 1.07 bits per heavy atom. The molecule has 0 saturated carbocycles. The van der Waals surface area contributed by atoms with Gasteiger partial charge in [0.05, 0.1) is 16.1 Å². The van der Waals surface area contributed by atoms with Crippen LogP contribution in [0.1, 0.15) is 21.5 Å². The summed E-state index contributed by atoms with van der Waals surface area (Å²) in [4.78, 5) is 31.6. The second-order valence-electron chi connectivity index (χ2n) is 10.1. The number of hydrogen-bond acceptors (Lipinski definition) is 8. The van der Waals surface area contributed by atoms with Gasteiger partial charge in [-0.25, -0.2) is 4.98 Å². The van der Waals surface area contributed by atoms with E-state index in [1.54, 1.807) is 30.6 Å². The number of aryl methyl sites for hydroxylation is 1. The molecule has 0 unspecified atom stereocenters. The second kappa shape index (κ2) is 11.9. The van der Waals surface area contributed by atoms with E-state index in [1.165, 1.54) is 16.9 Å². The molecule has 2 aromatic carbocycles. The normalized spacial score (nSPS) is 14.3. The zero-order valence-corrected chi connectivity index (χ0v) is 24.4. The van der Waals surface area contributed by atoms with Crippen molar-refractivity contribution in [3.63, 3.8) is 0 Å². The summed E-state index contributed by atoms with van der Waals surface area (Å²) in [5.41, 5.74) is 4.99. The van der Waals surface area contributed by atoms with Gasteiger partial charge in [-0.05, 0) is 79.0 Å². The third-order valence-electron chi connectivity index (χ3n) is 7.18. The van der Waals surface area contributed by atoms with E-state index < -0.39 is 0 Å². The zero-order valence-electron chi connectivity index (χ0n) is 22.8. The molecule has 1 amide bonds. The minimum atomic E-state index is -0.313. The van der Waals surface area contributed by atoms with Crippen molar-refractivity contribution in [2.75, 3.05) is 38.5 Å². The molecule has 0 atom stereocenters. The van der Waals surface area contributed by atoms with Gasteiger partial charge in [-0.15, -0.1) is 11.3 Å². The third-order valence-corrected chi connectivity index (χ3v) is 8.40. The summed E-state index contributed by atoms with van der Waals surface area (Å²) >= 11 is 7.95. The number of thiophene rings is 1. The lowest BCUT2D eigenvalue weighted by molar-refractivity contribution is 0.102. The molecule has 0 spiro atoms. The monoisotopic (exact) mass is 584 g/mol. The number of halogens is 1. The van der Waals surface area contributed by atoms with Gasteiger partial charge < -0.3 is 15.0 Å². The maximum atomic E-state index is 13.3. The Morgan fingerprint density at radius 3 is 2.71 bits per heavy atom. The van der Waals surface area contributed by atoms with E-state index in [9.17, 15) is 4.79 Å². The van der Waals surface area contributed by atoms with Gasteiger partial charge in [0.1, 0.15) is 10.4 Å². The number of nitrogens with zero attached hydrogens (tertiary/aromatic N) is 5. The first kappa shape index (κ1) is 27.3. The third kappa shape index (κ3) is 6.23. The van der Waals surface area contributed by atoms with Gasteiger partial charge in [-0.1, -0.05) is 17.7 Å². The number of nitrogens with one attached hydrogen (secondary N) is 1. The number of amides is 1. The van der Waals surface area contributed by atoms with Crippen LogP contribution in [0.15, 0.2) is 72.4 Å². The van der Waals surface area contributed by atoms with E-state index in [0.29, 0.717) is 33.7 Å². The number of rotatable bonds is 7. The highest BCUT2D eigenvalue weighted by atomic mass is 35.5. The number of piperazine rings is 1. The van der Waals surface area contributed by atoms with E-state index in [4.69, 9.17) is 16.3 Å². The van der Waals surface area contributed by atoms with Crippen molar-refractivity contribution in [3.05, 3.63) is 94.1 Å². The Morgan fingerprint density at radius 2 is 1.93 bits per heavy atom. The fraction of sp³-hybridized carbons (Fsp3) is 0.226. The Balaban J connectivity index is 1.20. The van der Waals surface area contributed by atoms with Crippen LogP contribution >= 0.6 is 22.9 Å². The van der Waals surface area contributed by atoms with Crippen LogP contribution in [0, 0.1) is 6.92 Å². The Hall–Kier alpha value is -3.89. The van der Waals surface area contributed by atoms with Gasteiger partial charge in [0, 0.05) is 56.4 Å². The second-order valence-corrected chi connectivity index (χ2v) is 11.5. The zero-order chi connectivity index (χ0) is 28.3. The van der Waals surface area contributed by atoms with Crippen LogP contribution in [0.25, 0.3) is 21.6 Å². The van der Waals surface area contributed by atoms with Crippen molar-refractivity contribution in [3.8, 4) is 23.0 Å². The molecule has 8 nitrogen and oxygen atoms in total. The molecule has 5 aromatic rings. The molecule has 1 N–H and O–H groups in total. The number of aromatic nitrogens is 3. The molecule has 0 bridgehead atoms. The van der Waals surface area contributed by atoms with Gasteiger partial charge in [-0.2, -0.15) is 4.98 Å². The SMILES string of the molecule is Cc1cc(NC(=O)c2cc(Oc3nc(-c4cccnc4)nc4ccsc34)ccc2Cl)ccc1CN1CCN(C)CC1. The maximum Gasteiger partial charge on any atom is 0.257 e. The predicted octanol–water partition coefficient (Wildman–Crippen LogP) is 6.51. The van der Waals surface area contributed by atoms with Crippen molar-refractivity contribution in [2.24, 2.45) is 0 Å². The summed E-state index contributed by atoms with van der Waals surface area (Å²) in [5, 5.41) is 5.27. The van der Waals surface area contributed by atoms with Crippen LogP contribution in [0.5, 0.6) is 11.6 Å². The van der Waals surface area contributed by atoms with Crippen molar-refractivity contribution in [1.82, 2.24) is 24.8 Å². The highest BCUT2D eigenvalue weighted by Gasteiger charge is 2.18. The maximum absolute atomic E-state index is 13.3. The number of hydrogen-bond donors (Lipinski definition) is 1. The smallest absolute Gasteiger partial charge is 0.257 e. The minimum Gasteiger partial charge on any atom is -0.437 e. The molecule has 4 heterocycles. The quantitative estimate of drug-likeness (QED) is 0.233. The summed E-state index contributed by atoms with van der Waals surface area (Å²) < 4.78 is 7.03. The molecule has 1 saturated heterocycles. The molecule has 1 fully saturated rings. The number of carbonyl (C=O) groups excluding carboxylic acids is 1. The van der Waals surface area contributed by atoms with Crippen molar-refractivity contribution >= 4 is 44.7 Å². The molecule has 6 rings (SSSR count). The Bertz CT molecular complexity index is 1700. The lowest BCUT2D eigenvalue weighted by Crippen LogP contribution is -2.43. The number of anilines is 1. The van der Waals surface area contributed by atoms with Crippen molar-refractivity contribution in [2.45, 2.75) is 13.5 Å². The number of ether oxygens (including phenoxy) is 1. The molecule has 208 valence electrons. The van der Waals surface area contributed by atoms with Crippen LogP contribution < -0.4 is 10.1 Å². The van der Waals surface area contributed by atoms with Crippen LogP contribution in [-0.2, 0) is 6.54 Å². The van der Waals surface area contributed by atoms with Crippen molar-refractivity contribution in [1.29, 1.82) is 0 Å². The number of carbonyl (C=O) groups is 1. The molecular formula is C31H29ClN6O2S. The fourth-order valence-corrected chi connectivity index (χ4v) is 5.74. The average molecular weight is 585 g/mol. The molecule has 1 aliphatic rings. The molecule has 41 heavy (non-hydrogen) atoms. The van der Waals surface area contributed by atoms with E-state index in [1.807, 2.05) is 35.7 Å². The van der Waals surface area contributed by atoms with Gasteiger partial charge >= 0.3 is 0 Å². The van der Waals surface area contributed by atoms with Crippen LogP contribution in [-0.4, -0.2) is 63.9 Å². The number of likely N-dealkylation sites (N-methyl/N-ethyl adjacent to an activating group) is 1. The summed E-state index contributed by atoms with van der Waals surface area (Å²) in [5.74, 6) is 1.05. The standard InChI is InChI=1S/C31H29ClN6O2S/c1-20-16-23(6-5-22(20)19-38-13-11-37(2)12-14-38)34-30(39)25-17-24(7-8-26(25)32)40-31-28-27(9-15-41-28)35-29(36-31)21-4-3-10-33-18-21/h3-10,15-18H,11-14,19H2,1-2H3,(H,34,39). The number of pyridine rings is 1. The molecule has 3 aromatic heterocycles. The highest BCUT2D eigenvalue weighted by Crippen LogP contribution is 2.34. The van der Waals surface area contributed by atoms with Crippen LogP contribution in [0.4, 0.5) is 5.69 Å². The van der Waals surface area contributed by atoms with Gasteiger partial charge in [0.15, 0.2) is 5.82 Å². The first-order valence-corrected chi connectivity index (χ1v) is 14.6. The highest BCUT2D eigenvalue weighted by molar-refractivity contribution is 7.17. The summed E-state index contributed by atoms with van der Waals surface area (Å²) in [6, 6.07) is 16.7. The van der Waals surface area contributed by atoms with Gasteiger partial charge in [0.2, 0.25) is 5.88 Å². The van der Waals surface area contributed by atoms with Crippen LogP contribution in [0.3, 0.4) is 0 Å². The fourth-order valence-electron chi connectivity index (χ4n) is 4.78. The largest absolute Gasteiger partial charge is 0.437 e. The lowest BCUT2D eigenvalue weighted by Gasteiger charge is -2.32. The molecule has 0 radical (unpaired) electrons. The molecule has 0 aliphatic carbocycles. The minimum absolute atomic E-state index is 0.312. The van der Waals surface area contributed by atoms with Crippen LogP contribution in [0.2, 0.25) is 5.02 Å². The molecular weight excluding hydrogens is 556 g/mol. The molecule has 10 heteroatoms. The summed E-state index contributed by atoms with van der Waals surface area (Å²) in [6.45, 7) is 7.26. The first-order valence-electron chi connectivity index (χ1n) is 13.4. The van der Waals surface area contributed by atoms with Gasteiger partial charge in [0.25, 0.3) is 5.91 Å². The van der Waals surface area contributed by atoms with E-state index in [0.717, 1.165) is 54.1 Å². The Kier molecular flexibility index (Phi) is 7.93. The average Bonchev–Trinajstić information content (AvgIpc) is 3.46. The molecule has 1 aliphatic heterocycles. The summed E-state index contributed by atoms with van der Waals surface area (Å²) in [7, 11) is 2.16. The lowest BCUT2D eigenvalue weighted by atomic mass is 10.1. The predicted molar refractivity (Wildman–Crippen MR) is 164 cm³/mol. The topological polar surface area (TPSA) is 83.5 Å². The van der Waals surface area contributed by atoms with Gasteiger partial charge in [-0.3, -0.25) is 14.7 Å². The number of fused-ring (bicyclic) bond motifs is 1. The number of benzene rings is 2. The first-order chi connectivity index (χ1) is 19.9. The summed E-state index contributed by atoms with van der Waals surface area (Å²) in [6.07, 6.45) is 3.41.